The van der Waals surface area contributed by atoms with Gasteiger partial charge in [-0.1, -0.05) is 127 Å². The molecule has 0 aliphatic rings. The topological polar surface area (TPSA) is 119 Å². The summed E-state index contributed by atoms with van der Waals surface area (Å²) >= 11 is 0. The number of rotatable bonds is 28. The number of hydrogen-bond acceptors (Lipinski definition) is 6. The van der Waals surface area contributed by atoms with Gasteiger partial charge in [0.2, 0.25) is 0 Å². The van der Waals surface area contributed by atoms with E-state index in [0.717, 1.165) is 38.5 Å². The smallest absolute Gasteiger partial charge is 0.462 e. The largest absolute Gasteiger partial charge is 0.469 e. The zero-order valence-corrected chi connectivity index (χ0v) is 27.0. The Kier molecular flexibility index (Phi) is 27.7. The van der Waals surface area contributed by atoms with Gasteiger partial charge in [0, 0.05) is 12.8 Å². The van der Waals surface area contributed by atoms with Crippen molar-refractivity contribution in [1.82, 2.24) is 0 Å². The van der Waals surface area contributed by atoms with Gasteiger partial charge in [0.1, 0.15) is 6.61 Å². The summed E-state index contributed by atoms with van der Waals surface area (Å²) in [6, 6.07) is 0. The average Bonchev–Trinajstić information content (AvgIpc) is 2.95. The van der Waals surface area contributed by atoms with Crippen molar-refractivity contribution >= 4 is 19.8 Å². The van der Waals surface area contributed by atoms with E-state index >= 15 is 0 Å². The number of unbranched alkanes of at least 4 members (excludes halogenated alkanes) is 10. The fourth-order valence-electron chi connectivity index (χ4n) is 4.03. The molecule has 1 unspecified atom stereocenters. The molecule has 1 atom stereocenters. The zero-order chi connectivity index (χ0) is 31.2. The number of carbonyl (C=O) groups is 2. The van der Waals surface area contributed by atoms with Crippen molar-refractivity contribution < 1.29 is 37.9 Å². The lowest BCUT2D eigenvalue weighted by Gasteiger charge is -2.18. The van der Waals surface area contributed by atoms with Crippen LogP contribution in [0.5, 0.6) is 0 Å². The van der Waals surface area contributed by atoms with Crippen LogP contribution in [0.15, 0.2) is 48.6 Å². The summed E-state index contributed by atoms with van der Waals surface area (Å²) in [5, 5.41) is 0. The van der Waals surface area contributed by atoms with Crippen molar-refractivity contribution in [1.29, 1.82) is 0 Å². The molecule has 0 amide bonds. The molecule has 0 aliphatic carbocycles. The monoisotopic (exact) mass is 612 g/mol. The van der Waals surface area contributed by atoms with Crippen molar-refractivity contribution in [3.05, 3.63) is 48.6 Å². The van der Waals surface area contributed by atoms with E-state index in [1.807, 2.05) is 12.2 Å². The second-order valence-electron chi connectivity index (χ2n) is 10.4. The lowest BCUT2D eigenvalue weighted by molar-refractivity contribution is -0.161. The summed E-state index contributed by atoms with van der Waals surface area (Å²) in [6.45, 7) is 3.46. The number of allylic oxidation sites excluding steroid dienone is 8. The number of hydrogen-bond donors (Lipinski definition) is 2. The highest BCUT2D eigenvalue weighted by atomic mass is 31.2. The van der Waals surface area contributed by atoms with E-state index < -0.39 is 32.5 Å². The molecule has 0 aliphatic heterocycles. The molecule has 2 N–H and O–H groups in total. The molecule has 0 aromatic rings. The van der Waals surface area contributed by atoms with Gasteiger partial charge in [0.05, 0.1) is 6.61 Å². The quantitative estimate of drug-likeness (QED) is 0.0389. The molecule has 0 heterocycles. The Labute approximate surface area is 254 Å². The van der Waals surface area contributed by atoms with Crippen LogP contribution < -0.4 is 0 Å². The molecule has 0 aromatic heterocycles. The Morgan fingerprint density at radius 2 is 1.14 bits per heavy atom. The first-order valence-electron chi connectivity index (χ1n) is 15.9. The summed E-state index contributed by atoms with van der Waals surface area (Å²) in [7, 11) is -4.76. The summed E-state index contributed by atoms with van der Waals surface area (Å²) in [4.78, 5) is 42.4. The molecule has 242 valence electrons. The van der Waals surface area contributed by atoms with Gasteiger partial charge in [-0.2, -0.15) is 0 Å². The molecular formula is C33H57O8P. The number of carbonyl (C=O) groups excluding carboxylic acids is 2. The summed E-state index contributed by atoms with van der Waals surface area (Å²) in [5.41, 5.74) is 0. The van der Waals surface area contributed by atoms with Gasteiger partial charge < -0.3 is 19.3 Å². The van der Waals surface area contributed by atoms with Crippen LogP contribution in [0, 0.1) is 0 Å². The first-order chi connectivity index (χ1) is 20.3. The average molecular weight is 613 g/mol. The number of esters is 2. The van der Waals surface area contributed by atoms with Crippen LogP contribution in [0.2, 0.25) is 0 Å². The molecule has 42 heavy (non-hydrogen) atoms. The van der Waals surface area contributed by atoms with Crippen LogP contribution in [0.1, 0.15) is 129 Å². The van der Waals surface area contributed by atoms with Gasteiger partial charge in [0.15, 0.2) is 6.10 Å². The molecule has 0 aromatic carbocycles. The van der Waals surface area contributed by atoms with E-state index in [4.69, 9.17) is 19.3 Å². The zero-order valence-electron chi connectivity index (χ0n) is 26.1. The standard InChI is InChI=1S/C33H57O8P/c1-3-5-7-9-11-13-15-16-18-20-22-24-26-28-33(35)41-31(30-40-42(36,37)38)29-39-32(34)27-25-23-21-19-17-14-12-10-8-6-4-2/h5,7,11,13,16,18,22,24,31H,3-4,6,8-10,12,14-15,17,19-21,23,25-30H2,1-2H3,(H2,36,37,38)/b7-5-,13-11-,18-16-,24-22-. The fraction of sp³-hybridized carbons (Fsp3) is 0.697. The van der Waals surface area contributed by atoms with Crippen LogP contribution in [0.25, 0.3) is 0 Å². The van der Waals surface area contributed by atoms with Crippen LogP contribution in [0.4, 0.5) is 0 Å². The predicted octanol–water partition coefficient (Wildman–Crippen LogP) is 8.84. The minimum Gasteiger partial charge on any atom is -0.462 e. The SMILES string of the molecule is CC/C=C\C/C=C\C/C=C\C/C=C\CCC(=O)OC(COC(=O)CCCCCCCCCCCCC)COP(=O)(O)O. The first kappa shape index (κ1) is 40.0. The van der Waals surface area contributed by atoms with Gasteiger partial charge >= 0.3 is 19.8 Å². The maximum absolute atomic E-state index is 12.2. The molecule has 0 saturated carbocycles. The Hall–Kier alpha value is -1.99. The van der Waals surface area contributed by atoms with Gasteiger partial charge in [-0.15, -0.1) is 0 Å². The van der Waals surface area contributed by atoms with Crippen molar-refractivity contribution in [2.24, 2.45) is 0 Å². The Balaban J connectivity index is 4.17. The normalized spacial score (nSPS) is 13.1. The molecule has 0 bridgehead atoms. The Bertz CT molecular complexity index is 828. The van der Waals surface area contributed by atoms with Crippen molar-refractivity contribution in [2.75, 3.05) is 13.2 Å². The summed E-state index contributed by atoms with van der Waals surface area (Å²) in [5.74, 6) is -0.985. The van der Waals surface area contributed by atoms with Gasteiger partial charge in [-0.3, -0.25) is 14.1 Å². The molecule has 0 rings (SSSR count). The fourth-order valence-corrected chi connectivity index (χ4v) is 4.39. The van der Waals surface area contributed by atoms with Crippen molar-refractivity contribution in [3.63, 3.8) is 0 Å². The Morgan fingerprint density at radius 3 is 1.67 bits per heavy atom. The number of ether oxygens (including phenoxy) is 2. The van der Waals surface area contributed by atoms with Crippen LogP contribution >= 0.6 is 7.82 Å². The maximum atomic E-state index is 12.2. The third-order valence-electron chi connectivity index (χ3n) is 6.38. The van der Waals surface area contributed by atoms with E-state index in [2.05, 4.69) is 54.8 Å². The third-order valence-corrected chi connectivity index (χ3v) is 6.86. The number of phosphoric ester groups is 1. The maximum Gasteiger partial charge on any atom is 0.469 e. The van der Waals surface area contributed by atoms with Gasteiger partial charge in [-0.25, -0.2) is 4.57 Å². The summed E-state index contributed by atoms with van der Waals surface area (Å²) < 4.78 is 26.1. The lowest BCUT2D eigenvalue weighted by Crippen LogP contribution is -2.29. The molecule has 8 nitrogen and oxygen atoms in total. The second-order valence-corrected chi connectivity index (χ2v) is 11.6. The van der Waals surface area contributed by atoms with Crippen LogP contribution in [-0.2, 0) is 28.2 Å². The molecule has 0 radical (unpaired) electrons. The minimum absolute atomic E-state index is 0.0906. The van der Waals surface area contributed by atoms with E-state index in [1.165, 1.54) is 51.4 Å². The third kappa shape index (κ3) is 31.0. The highest BCUT2D eigenvalue weighted by molar-refractivity contribution is 7.46. The highest BCUT2D eigenvalue weighted by Gasteiger charge is 2.22. The van der Waals surface area contributed by atoms with E-state index in [9.17, 15) is 14.2 Å². The Morgan fingerprint density at radius 1 is 0.643 bits per heavy atom. The summed E-state index contributed by atoms with van der Waals surface area (Å²) in [6.07, 6.45) is 32.8. The molecule has 9 heteroatoms. The van der Waals surface area contributed by atoms with Crippen molar-refractivity contribution in [2.45, 2.75) is 136 Å². The molecule has 0 saturated heterocycles. The molecule has 0 spiro atoms. The van der Waals surface area contributed by atoms with E-state index in [0.29, 0.717) is 12.8 Å². The molecule has 0 fully saturated rings. The van der Waals surface area contributed by atoms with Crippen molar-refractivity contribution in [3.8, 4) is 0 Å². The predicted molar refractivity (Wildman–Crippen MR) is 170 cm³/mol. The van der Waals surface area contributed by atoms with Gasteiger partial charge in [0.25, 0.3) is 0 Å². The number of phosphoric acid groups is 1. The first-order valence-corrected chi connectivity index (χ1v) is 17.5. The second kappa shape index (κ2) is 29.1. The lowest BCUT2D eigenvalue weighted by atomic mass is 10.1. The van der Waals surface area contributed by atoms with Crippen LogP contribution in [-0.4, -0.2) is 41.0 Å². The van der Waals surface area contributed by atoms with E-state index in [1.54, 1.807) is 0 Å². The van der Waals surface area contributed by atoms with Crippen LogP contribution in [0.3, 0.4) is 0 Å². The van der Waals surface area contributed by atoms with E-state index in [-0.39, 0.29) is 19.4 Å². The van der Waals surface area contributed by atoms with Gasteiger partial charge in [-0.05, 0) is 38.5 Å². The molecular weight excluding hydrogens is 555 g/mol. The highest BCUT2D eigenvalue weighted by Crippen LogP contribution is 2.35. The minimum atomic E-state index is -4.76.